The van der Waals surface area contributed by atoms with Crippen LogP contribution in [0.1, 0.15) is 27.2 Å². The first-order valence-corrected chi connectivity index (χ1v) is 7.86. The lowest BCUT2D eigenvalue weighted by Gasteiger charge is -2.41. The van der Waals surface area contributed by atoms with E-state index in [9.17, 15) is 9.59 Å². The minimum atomic E-state index is -0.202. The number of hydrogen-bond acceptors (Lipinski definition) is 4. The Morgan fingerprint density at radius 1 is 1.32 bits per heavy atom. The monoisotopic (exact) mass is 313 g/mol. The fourth-order valence-electron chi connectivity index (χ4n) is 2.97. The van der Waals surface area contributed by atoms with Crippen LogP contribution in [0.3, 0.4) is 0 Å². The highest BCUT2D eigenvalue weighted by molar-refractivity contribution is 5.82. The van der Waals surface area contributed by atoms with E-state index >= 15 is 0 Å². The third-order valence-corrected chi connectivity index (χ3v) is 3.77. The highest BCUT2D eigenvalue weighted by Crippen LogP contribution is 2.23. The predicted octanol–water partition coefficient (Wildman–Crippen LogP) is 0.574. The summed E-state index contributed by atoms with van der Waals surface area (Å²) in [6.45, 7) is 9.15. The fourth-order valence-corrected chi connectivity index (χ4v) is 2.97. The van der Waals surface area contributed by atoms with Crippen molar-refractivity contribution >= 4 is 11.8 Å². The second kappa shape index (κ2) is 7.92. The first kappa shape index (κ1) is 18.9. The van der Waals surface area contributed by atoms with Crippen LogP contribution >= 0.6 is 0 Å². The molecule has 0 radical (unpaired) electrons. The molecule has 0 aliphatic carbocycles. The van der Waals surface area contributed by atoms with Crippen molar-refractivity contribution < 1.29 is 14.3 Å². The maximum absolute atomic E-state index is 12.5. The zero-order valence-electron chi connectivity index (χ0n) is 14.8. The maximum Gasteiger partial charge on any atom is 0.246 e. The Balaban J connectivity index is 2.77. The molecule has 22 heavy (non-hydrogen) atoms. The van der Waals surface area contributed by atoms with Crippen LogP contribution in [0.5, 0.6) is 0 Å². The summed E-state index contributed by atoms with van der Waals surface area (Å²) >= 11 is 0. The Kier molecular flexibility index (Phi) is 6.81. The van der Waals surface area contributed by atoms with Gasteiger partial charge in [-0.1, -0.05) is 20.8 Å². The van der Waals surface area contributed by atoms with E-state index in [1.54, 1.807) is 19.0 Å². The molecule has 128 valence electrons. The smallest absolute Gasteiger partial charge is 0.246 e. The Bertz CT molecular complexity index is 391. The number of piperidine rings is 1. The number of likely N-dealkylation sites (tertiary alicyclic amines) is 1. The van der Waals surface area contributed by atoms with Crippen LogP contribution in [0.4, 0.5) is 0 Å². The zero-order valence-corrected chi connectivity index (χ0v) is 14.8. The molecule has 1 heterocycles. The van der Waals surface area contributed by atoms with Crippen molar-refractivity contribution in [3.05, 3.63) is 0 Å². The molecule has 1 aliphatic heterocycles. The van der Waals surface area contributed by atoms with Gasteiger partial charge in [0, 0.05) is 46.9 Å². The molecular formula is C16H31N3O3. The summed E-state index contributed by atoms with van der Waals surface area (Å²) in [5, 5.41) is 2.95. The van der Waals surface area contributed by atoms with Crippen LogP contribution < -0.4 is 5.32 Å². The summed E-state index contributed by atoms with van der Waals surface area (Å²) in [6.07, 6.45) is 0.787. The van der Waals surface area contributed by atoms with Crippen molar-refractivity contribution in [2.24, 2.45) is 11.3 Å². The van der Waals surface area contributed by atoms with Gasteiger partial charge in [-0.25, -0.2) is 0 Å². The van der Waals surface area contributed by atoms with Crippen molar-refractivity contribution in [3.63, 3.8) is 0 Å². The van der Waals surface area contributed by atoms with E-state index < -0.39 is 0 Å². The predicted molar refractivity (Wildman–Crippen MR) is 86.5 cm³/mol. The molecule has 1 fully saturated rings. The van der Waals surface area contributed by atoms with Crippen molar-refractivity contribution in [1.29, 1.82) is 0 Å². The molecule has 0 bridgehead atoms. The molecule has 0 unspecified atom stereocenters. The van der Waals surface area contributed by atoms with E-state index in [-0.39, 0.29) is 35.8 Å². The first-order chi connectivity index (χ1) is 10.1. The normalized spacial score (nSPS) is 23.2. The molecule has 1 aliphatic rings. The van der Waals surface area contributed by atoms with Crippen LogP contribution in [0.2, 0.25) is 0 Å². The summed E-state index contributed by atoms with van der Waals surface area (Å²) in [5.74, 6) is -0.290. The number of carbonyl (C=O) groups is 2. The van der Waals surface area contributed by atoms with Crippen LogP contribution in [-0.4, -0.2) is 75.1 Å². The SMILES string of the molecule is COCC(=O)N[C@@H]1CCN(CC(C)(C)C)C[C@@H]1C(=O)N(C)C. The number of methoxy groups -OCH3 is 1. The van der Waals surface area contributed by atoms with Gasteiger partial charge in [0.25, 0.3) is 0 Å². The topological polar surface area (TPSA) is 61.9 Å². The van der Waals surface area contributed by atoms with Crippen molar-refractivity contribution in [3.8, 4) is 0 Å². The summed E-state index contributed by atoms with van der Waals surface area (Å²) in [5.41, 5.74) is 0.192. The molecule has 1 saturated heterocycles. The van der Waals surface area contributed by atoms with Gasteiger partial charge < -0.3 is 19.9 Å². The number of nitrogens with zero attached hydrogens (tertiary/aromatic N) is 2. The van der Waals surface area contributed by atoms with Gasteiger partial charge in [0.1, 0.15) is 6.61 Å². The van der Waals surface area contributed by atoms with E-state index in [1.807, 2.05) is 0 Å². The average molecular weight is 313 g/mol. The standard InChI is InChI=1S/C16H31N3O3/c1-16(2,3)11-19-8-7-13(17-14(20)10-22-6)12(9-19)15(21)18(4)5/h12-13H,7-11H2,1-6H3,(H,17,20)/t12-,13+/m0/s1. The van der Waals surface area contributed by atoms with Gasteiger partial charge in [-0.05, 0) is 11.8 Å². The second-order valence-electron chi connectivity index (χ2n) is 7.53. The van der Waals surface area contributed by atoms with Crippen LogP contribution in [-0.2, 0) is 14.3 Å². The summed E-state index contributed by atoms with van der Waals surface area (Å²) in [6, 6.07) is -0.117. The molecule has 6 nitrogen and oxygen atoms in total. The van der Waals surface area contributed by atoms with E-state index in [1.165, 1.54) is 7.11 Å². The highest BCUT2D eigenvalue weighted by Gasteiger charge is 2.36. The average Bonchev–Trinajstić information content (AvgIpc) is 2.38. The minimum absolute atomic E-state index is 0.0328. The van der Waals surface area contributed by atoms with Gasteiger partial charge in [-0.15, -0.1) is 0 Å². The minimum Gasteiger partial charge on any atom is -0.375 e. The van der Waals surface area contributed by atoms with E-state index in [0.29, 0.717) is 6.54 Å². The molecule has 2 amide bonds. The van der Waals surface area contributed by atoms with E-state index in [0.717, 1.165) is 19.5 Å². The lowest BCUT2D eigenvalue weighted by Crippen LogP contribution is -2.57. The molecule has 0 aromatic rings. The van der Waals surface area contributed by atoms with Crippen LogP contribution in [0.25, 0.3) is 0 Å². The number of ether oxygens (including phenoxy) is 1. The molecule has 0 spiro atoms. The van der Waals surface area contributed by atoms with E-state index in [2.05, 4.69) is 31.0 Å². The number of nitrogens with one attached hydrogen (secondary N) is 1. The Morgan fingerprint density at radius 3 is 2.45 bits per heavy atom. The maximum atomic E-state index is 12.5. The zero-order chi connectivity index (χ0) is 16.9. The molecule has 2 atom stereocenters. The third-order valence-electron chi connectivity index (χ3n) is 3.77. The lowest BCUT2D eigenvalue weighted by molar-refractivity contribution is -0.137. The molecule has 0 saturated carbocycles. The van der Waals surface area contributed by atoms with E-state index in [4.69, 9.17) is 4.74 Å². The van der Waals surface area contributed by atoms with Crippen LogP contribution in [0, 0.1) is 11.3 Å². The Morgan fingerprint density at radius 2 is 1.95 bits per heavy atom. The molecule has 0 aromatic heterocycles. The number of amides is 2. The number of rotatable bonds is 5. The summed E-state index contributed by atoms with van der Waals surface area (Å²) in [7, 11) is 5.02. The molecule has 1 rings (SSSR count). The third kappa shape index (κ3) is 5.93. The van der Waals surface area contributed by atoms with Crippen molar-refractivity contribution in [2.45, 2.75) is 33.2 Å². The Labute approximate surface area is 134 Å². The van der Waals surface area contributed by atoms with Gasteiger partial charge in [0.15, 0.2) is 0 Å². The lowest BCUT2D eigenvalue weighted by atomic mass is 9.88. The molecule has 0 aromatic carbocycles. The fraction of sp³-hybridized carbons (Fsp3) is 0.875. The van der Waals surface area contributed by atoms with Gasteiger partial charge in [-0.2, -0.15) is 0 Å². The molecular weight excluding hydrogens is 282 g/mol. The van der Waals surface area contributed by atoms with Gasteiger partial charge >= 0.3 is 0 Å². The second-order valence-corrected chi connectivity index (χ2v) is 7.53. The molecule has 1 N–H and O–H groups in total. The van der Waals surface area contributed by atoms with Gasteiger partial charge in [0.2, 0.25) is 11.8 Å². The number of hydrogen-bond donors (Lipinski definition) is 1. The summed E-state index contributed by atoms with van der Waals surface area (Å²) in [4.78, 5) is 28.2. The summed E-state index contributed by atoms with van der Waals surface area (Å²) < 4.78 is 4.86. The Hall–Kier alpha value is -1.14. The van der Waals surface area contributed by atoms with Gasteiger partial charge in [0.05, 0.1) is 5.92 Å². The quantitative estimate of drug-likeness (QED) is 0.806. The number of carbonyl (C=O) groups excluding carboxylic acids is 2. The van der Waals surface area contributed by atoms with Crippen molar-refractivity contribution in [1.82, 2.24) is 15.1 Å². The van der Waals surface area contributed by atoms with Gasteiger partial charge in [-0.3, -0.25) is 9.59 Å². The van der Waals surface area contributed by atoms with Crippen molar-refractivity contribution in [2.75, 3.05) is 47.4 Å². The largest absolute Gasteiger partial charge is 0.375 e. The first-order valence-electron chi connectivity index (χ1n) is 7.86. The molecule has 6 heteroatoms. The van der Waals surface area contributed by atoms with Crippen LogP contribution in [0.15, 0.2) is 0 Å². The highest BCUT2D eigenvalue weighted by atomic mass is 16.5.